The Kier molecular flexibility index (Phi) is 1.99. The Labute approximate surface area is 280 Å². The van der Waals surface area contributed by atoms with E-state index in [0.717, 1.165) is 0 Å². The van der Waals surface area contributed by atoms with Crippen LogP contribution in [-0.4, -0.2) is 0 Å². The lowest BCUT2D eigenvalue weighted by atomic mass is 9.89. The normalized spacial score (nSPS) is 20.5. The largest absolute Gasteiger partial charge is 0.0636 e. The lowest BCUT2D eigenvalue weighted by molar-refractivity contribution is 1.64. The van der Waals surface area contributed by atoms with E-state index in [0.29, 0.717) is 0 Å². The number of hydrogen-bond acceptors (Lipinski definition) is 0. The molecule has 9 rings (SSSR count). The number of benzene rings is 9. The highest BCUT2D eigenvalue weighted by atomic mass is 14.2. The van der Waals surface area contributed by atoms with Crippen molar-refractivity contribution >= 4 is 64.6 Å². The SMILES string of the molecule is [2H]c1c([2H])c(-c2c3c([2H])c([2H])c([2H])c([2H])c3c([2H])c3c2c([2H])c([2H])c2c([2H])c([2H])c([2H])c([2H])c23)c([2H])c([2H])c1-c1c([2H])c([2H])c2c([2H])c([2H])c3c([2H])c4c([2H])c([2H])c([2H])c([2H])c4c([2H])c3c2c1[2H]. The predicted octanol–water partition coefficient (Wildman–Crippen LogP) is 11.9. The van der Waals surface area contributed by atoms with Crippen LogP contribution in [-0.2, 0) is 0 Å². The first kappa shape index (κ1) is 9.28. The second-order valence-electron chi connectivity index (χ2n) is 9.25. The Balaban J connectivity index is 1.51. The molecule has 42 heavy (non-hydrogen) atoms. The summed E-state index contributed by atoms with van der Waals surface area (Å²) in [6.45, 7) is 0. The molecule has 0 nitrogen and oxygen atoms in total. The van der Waals surface area contributed by atoms with Crippen LogP contribution in [0.5, 0.6) is 0 Å². The molecule has 0 fully saturated rings. The van der Waals surface area contributed by atoms with Crippen LogP contribution in [0.15, 0.2) is 157 Å². The molecule has 0 amide bonds. The van der Waals surface area contributed by atoms with Gasteiger partial charge < -0.3 is 0 Å². The fourth-order valence-electron chi connectivity index (χ4n) is 4.97. The zero-order chi connectivity index (χ0) is 50.2. The summed E-state index contributed by atoms with van der Waals surface area (Å²) in [6, 6.07) is -22.2. The van der Waals surface area contributed by atoms with Crippen molar-refractivity contribution in [3.8, 4) is 22.3 Å². The van der Waals surface area contributed by atoms with E-state index in [-0.39, 0.29) is 0 Å². The van der Waals surface area contributed by atoms with Gasteiger partial charge in [-0.1, -0.05) is 133 Å². The van der Waals surface area contributed by atoms with Crippen LogP contribution in [0.1, 0.15) is 35.6 Å². The van der Waals surface area contributed by atoms with E-state index in [1.807, 2.05) is 0 Å². The second-order valence-corrected chi connectivity index (χ2v) is 9.25. The maximum Gasteiger partial charge on any atom is 0.0636 e. The zero-order valence-corrected chi connectivity index (χ0v) is 21.0. The molecule has 0 saturated carbocycles. The minimum atomic E-state index is -1.06. The molecule has 0 heteroatoms. The van der Waals surface area contributed by atoms with E-state index in [2.05, 4.69) is 0 Å². The molecule has 0 bridgehead atoms. The molecular formula is C42H26. The molecule has 9 aromatic carbocycles. The molecule has 0 aliphatic carbocycles. The number of fused-ring (bicyclic) bond motifs is 8. The van der Waals surface area contributed by atoms with Gasteiger partial charge in [-0.05, 0) is 111 Å². The summed E-state index contributed by atoms with van der Waals surface area (Å²) in [4.78, 5) is 0. The van der Waals surface area contributed by atoms with E-state index in [1.165, 1.54) is 0 Å². The second kappa shape index (κ2) is 9.03. The van der Waals surface area contributed by atoms with Crippen LogP contribution in [0.2, 0.25) is 0 Å². The first-order valence-corrected chi connectivity index (χ1v) is 12.5. The molecule has 0 aliphatic heterocycles. The summed E-state index contributed by atoms with van der Waals surface area (Å²) >= 11 is 0. The van der Waals surface area contributed by atoms with Gasteiger partial charge in [0, 0.05) is 0 Å². The van der Waals surface area contributed by atoms with Gasteiger partial charge in [-0.25, -0.2) is 0 Å². The Morgan fingerprint density at radius 3 is 1.60 bits per heavy atom. The summed E-state index contributed by atoms with van der Waals surface area (Å²) in [7, 11) is 0. The zero-order valence-electron chi connectivity index (χ0n) is 47.0. The lowest BCUT2D eigenvalue weighted by Crippen LogP contribution is -1.88. The van der Waals surface area contributed by atoms with E-state index in [1.54, 1.807) is 0 Å². The van der Waals surface area contributed by atoms with E-state index in [9.17, 15) is 11.0 Å². The first-order chi connectivity index (χ1) is 31.7. The molecule has 0 saturated heterocycles. The van der Waals surface area contributed by atoms with Gasteiger partial charge in [0.05, 0.1) is 35.6 Å². The molecule has 0 N–H and O–H groups in total. The van der Waals surface area contributed by atoms with Crippen molar-refractivity contribution in [2.75, 3.05) is 0 Å². The van der Waals surface area contributed by atoms with Gasteiger partial charge in [0.1, 0.15) is 0 Å². The summed E-state index contributed by atoms with van der Waals surface area (Å²) < 4.78 is 232. The Morgan fingerprint density at radius 2 is 0.762 bits per heavy atom. The van der Waals surface area contributed by atoms with Gasteiger partial charge in [-0.2, -0.15) is 0 Å². The average molecular weight is 557 g/mol. The van der Waals surface area contributed by atoms with Gasteiger partial charge in [0.2, 0.25) is 0 Å². The first-order valence-electron chi connectivity index (χ1n) is 25.5. The van der Waals surface area contributed by atoms with Crippen LogP contribution >= 0.6 is 0 Å². The number of rotatable bonds is 2. The Bertz CT molecular complexity index is 3940. The molecule has 0 spiro atoms. The third-order valence-electron chi connectivity index (χ3n) is 6.88. The van der Waals surface area contributed by atoms with E-state index >= 15 is 0 Å². The maximum absolute atomic E-state index is 9.55. The van der Waals surface area contributed by atoms with Crippen LogP contribution in [0.4, 0.5) is 0 Å². The van der Waals surface area contributed by atoms with Crippen LogP contribution < -0.4 is 0 Å². The lowest BCUT2D eigenvalue weighted by Gasteiger charge is -2.15. The van der Waals surface area contributed by atoms with E-state index in [4.69, 9.17) is 24.7 Å². The third kappa shape index (κ3) is 3.56. The molecule has 0 aliphatic rings. The van der Waals surface area contributed by atoms with Crippen LogP contribution in [0.25, 0.3) is 86.9 Å². The van der Waals surface area contributed by atoms with Gasteiger partial charge in [0.25, 0.3) is 0 Å². The highest BCUT2D eigenvalue weighted by Crippen LogP contribution is 2.40. The summed E-state index contributed by atoms with van der Waals surface area (Å²) in [5, 5.41) is -6.59. The smallest absolute Gasteiger partial charge is 0.0616 e. The molecule has 0 atom stereocenters. The van der Waals surface area contributed by atoms with Gasteiger partial charge in [-0.15, -0.1) is 0 Å². The molecular weight excluding hydrogens is 504 g/mol. The van der Waals surface area contributed by atoms with Crippen molar-refractivity contribution in [3.63, 3.8) is 0 Å². The third-order valence-corrected chi connectivity index (χ3v) is 6.88. The fourth-order valence-corrected chi connectivity index (χ4v) is 4.97. The van der Waals surface area contributed by atoms with Crippen molar-refractivity contribution in [1.29, 1.82) is 0 Å². The molecule has 0 heterocycles. The standard InChI is InChI=1S/C42H26/c1-2-9-32-24-40-35(23-31(32)8-1)20-16-29-15-19-33(25-39(29)40)27-13-17-30(18-14-27)42-37-12-6-4-10-34(37)26-41-36-11-5-3-7-28(36)21-22-38(41)42/h1-26H/i1D,2D,3D,4D,5D,6D,7D,8D,9D,10D,11D,12D,13D,14D,15D,16D,17D,18D,19D,20D,21D,22D,23D,24D,25D,26D. The molecule has 0 radical (unpaired) electrons. The predicted molar refractivity (Wildman–Crippen MR) is 182 cm³/mol. The van der Waals surface area contributed by atoms with Crippen molar-refractivity contribution in [1.82, 2.24) is 0 Å². The van der Waals surface area contributed by atoms with Crippen molar-refractivity contribution < 1.29 is 35.6 Å². The molecule has 9 aromatic rings. The van der Waals surface area contributed by atoms with Crippen LogP contribution in [0, 0.1) is 0 Å². The Hall–Kier alpha value is -5.46. The average Bonchev–Trinajstić information content (AvgIpc) is 3.30. The van der Waals surface area contributed by atoms with Crippen LogP contribution in [0.3, 0.4) is 0 Å². The fraction of sp³-hybridized carbons (Fsp3) is 0. The van der Waals surface area contributed by atoms with Gasteiger partial charge in [0.15, 0.2) is 0 Å². The van der Waals surface area contributed by atoms with Crippen molar-refractivity contribution in [2.24, 2.45) is 0 Å². The number of hydrogen-bond donors (Lipinski definition) is 0. The quantitative estimate of drug-likeness (QED) is 0.147. The van der Waals surface area contributed by atoms with Gasteiger partial charge in [-0.3, -0.25) is 0 Å². The van der Waals surface area contributed by atoms with E-state index < -0.39 is 244 Å². The highest BCUT2D eigenvalue weighted by Gasteiger charge is 2.13. The van der Waals surface area contributed by atoms with Gasteiger partial charge >= 0.3 is 0 Å². The maximum atomic E-state index is 9.55. The molecule has 194 valence electrons. The highest BCUT2D eigenvalue weighted by molar-refractivity contribution is 6.20. The summed E-state index contributed by atoms with van der Waals surface area (Å²) in [6.07, 6.45) is 0. The molecule has 0 aromatic heterocycles. The summed E-state index contributed by atoms with van der Waals surface area (Å²) in [5.41, 5.74) is -3.08. The molecule has 0 unspecified atom stereocenters. The van der Waals surface area contributed by atoms with Crippen molar-refractivity contribution in [3.05, 3.63) is 157 Å². The Morgan fingerprint density at radius 1 is 0.262 bits per heavy atom. The topological polar surface area (TPSA) is 0 Å². The monoisotopic (exact) mass is 556 g/mol. The minimum absolute atomic E-state index is 0.476. The minimum Gasteiger partial charge on any atom is -0.0616 e. The summed E-state index contributed by atoms with van der Waals surface area (Å²) in [5.74, 6) is 0. The van der Waals surface area contributed by atoms with Crippen molar-refractivity contribution in [2.45, 2.75) is 0 Å².